The molecule has 2 aromatic carbocycles. The van der Waals surface area contributed by atoms with Crippen molar-refractivity contribution in [3.05, 3.63) is 70.2 Å². The first-order valence-corrected chi connectivity index (χ1v) is 9.93. The quantitative estimate of drug-likeness (QED) is 0.706. The minimum absolute atomic E-state index is 0. The van der Waals surface area contributed by atoms with Crippen molar-refractivity contribution in [1.82, 2.24) is 4.90 Å². The van der Waals surface area contributed by atoms with E-state index in [0.29, 0.717) is 0 Å². The van der Waals surface area contributed by atoms with E-state index in [1.807, 2.05) is 6.07 Å². The van der Waals surface area contributed by atoms with Crippen LogP contribution in [0, 0.1) is 0 Å². The summed E-state index contributed by atoms with van der Waals surface area (Å²) in [5.41, 5.74) is 2.16. The Kier molecular flexibility index (Phi) is 8.97. The first-order valence-electron chi connectivity index (χ1n) is 9.13. The molecule has 3 rings (SSSR count). The molecule has 150 valence electrons. The van der Waals surface area contributed by atoms with Gasteiger partial charge >= 0.3 is 0 Å². The number of benzene rings is 2. The number of halogens is 2. The number of rotatable bonds is 5. The van der Waals surface area contributed by atoms with E-state index >= 15 is 0 Å². The zero-order chi connectivity index (χ0) is 17.9. The van der Waals surface area contributed by atoms with Gasteiger partial charge in [-0.05, 0) is 75.9 Å². The average Bonchev–Trinajstić information content (AvgIpc) is 2.62. The Bertz CT molecular complexity index is 683. The molecule has 0 aromatic heterocycles. The first kappa shape index (κ1) is 24.1. The molecule has 5 heteroatoms. The van der Waals surface area contributed by atoms with Gasteiger partial charge in [0, 0.05) is 10.0 Å². The van der Waals surface area contributed by atoms with Gasteiger partial charge in [0.2, 0.25) is 0 Å². The minimum Gasteiger partial charge on any atom is -0.412 e. The third-order valence-electron chi connectivity index (χ3n) is 5.97. The van der Waals surface area contributed by atoms with E-state index in [0.717, 1.165) is 43.0 Å². The normalized spacial score (nSPS) is 24.8. The fourth-order valence-electron chi connectivity index (χ4n) is 4.15. The van der Waals surface area contributed by atoms with Gasteiger partial charge in [-0.3, -0.25) is 4.90 Å². The maximum atomic E-state index is 11.1. The van der Waals surface area contributed by atoms with Gasteiger partial charge in [-0.25, -0.2) is 0 Å². The highest BCUT2D eigenvalue weighted by molar-refractivity contribution is 9.10. The molecule has 0 bridgehead atoms. The van der Waals surface area contributed by atoms with Gasteiger partial charge in [-0.1, -0.05) is 58.4 Å². The van der Waals surface area contributed by atoms with E-state index in [-0.39, 0.29) is 23.4 Å². The molecular formula is C22H31BrClNO2. The maximum absolute atomic E-state index is 11.1. The fourth-order valence-corrected chi connectivity index (χ4v) is 4.42. The highest BCUT2D eigenvalue weighted by atomic mass is 79.9. The summed E-state index contributed by atoms with van der Waals surface area (Å²) >= 11 is 3.53. The predicted octanol–water partition coefficient (Wildman–Crippen LogP) is 4.74. The van der Waals surface area contributed by atoms with Gasteiger partial charge in [0.25, 0.3) is 0 Å². The topological polar surface area (TPSA) is 55.0 Å². The number of hydrogen-bond acceptors (Lipinski definition) is 2. The van der Waals surface area contributed by atoms with Crippen molar-refractivity contribution in [1.29, 1.82) is 0 Å². The summed E-state index contributed by atoms with van der Waals surface area (Å²) in [5.74, 6) is 0. The lowest BCUT2D eigenvalue weighted by molar-refractivity contribution is -0.0512. The van der Waals surface area contributed by atoms with Gasteiger partial charge in [0.1, 0.15) is 0 Å². The molecule has 1 aliphatic rings. The van der Waals surface area contributed by atoms with Crippen molar-refractivity contribution >= 4 is 28.3 Å². The molecule has 3 nitrogen and oxygen atoms in total. The van der Waals surface area contributed by atoms with Crippen LogP contribution in [0.4, 0.5) is 0 Å². The Morgan fingerprint density at radius 2 is 1.48 bits per heavy atom. The van der Waals surface area contributed by atoms with E-state index in [4.69, 9.17) is 0 Å². The van der Waals surface area contributed by atoms with Crippen LogP contribution in [0.25, 0.3) is 0 Å². The lowest BCUT2D eigenvalue weighted by atomic mass is 9.68. The second-order valence-corrected chi connectivity index (χ2v) is 8.56. The van der Waals surface area contributed by atoms with Crippen molar-refractivity contribution in [2.75, 3.05) is 14.1 Å². The number of nitrogens with zero attached hydrogens (tertiary/aromatic N) is 1. The molecule has 1 fully saturated rings. The summed E-state index contributed by atoms with van der Waals surface area (Å²) in [7, 11) is 4.33. The highest BCUT2D eigenvalue weighted by Gasteiger charge is 2.43. The summed E-state index contributed by atoms with van der Waals surface area (Å²) in [4.78, 5) is 2.34. The Hall–Kier alpha value is -0.910. The molecule has 0 spiro atoms. The molecular weight excluding hydrogens is 426 g/mol. The third kappa shape index (κ3) is 5.55. The summed E-state index contributed by atoms with van der Waals surface area (Å²) < 4.78 is 1.11. The second kappa shape index (κ2) is 10.0. The molecule has 2 aromatic rings. The Morgan fingerprint density at radius 3 is 2.00 bits per heavy atom. The van der Waals surface area contributed by atoms with Crippen LogP contribution in [-0.4, -0.2) is 35.2 Å². The molecule has 0 heterocycles. The minimum atomic E-state index is -0.537. The summed E-state index contributed by atoms with van der Waals surface area (Å²) in [6.45, 7) is 0. The van der Waals surface area contributed by atoms with Crippen LogP contribution in [-0.2, 0) is 12.0 Å². The predicted molar refractivity (Wildman–Crippen MR) is 119 cm³/mol. The number of aliphatic hydroxyl groups is 1. The lowest BCUT2D eigenvalue weighted by Crippen LogP contribution is -2.49. The van der Waals surface area contributed by atoms with E-state index in [1.54, 1.807) is 0 Å². The van der Waals surface area contributed by atoms with E-state index in [9.17, 15) is 5.11 Å². The smallest absolute Gasteiger partial charge is 0.0652 e. The van der Waals surface area contributed by atoms with Crippen LogP contribution in [0.3, 0.4) is 0 Å². The fraction of sp³-hybridized carbons (Fsp3) is 0.455. The zero-order valence-electron chi connectivity index (χ0n) is 16.1. The Balaban J connectivity index is 0.00000182. The van der Waals surface area contributed by atoms with Crippen molar-refractivity contribution in [3.8, 4) is 0 Å². The van der Waals surface area contributed by atoms with Gasteiger partial charge < -0.3 is 10.6 Å². The van der Waals surface area contributed by atoms with E-state index < -0.39 is 5.60 Å². The Labute approximate surface area is 177 Å². The van der Waals surface area contributed by atoms with Crippen LogP contribution in [0.5, 0.6) is 0 Å². The van der Waals surface area contributed by atoms with Gasteiger partial charge in [0.05, 0.1) is 5.60 Å². The number of hydrogen-bond donors (Lipinski definition) is 1. The molecule has 0 aliphatic heterocycles. The molecule has 1 aliphatic carbocycles. The van der Waals surface area contributed by atoms with Crippen molar-refractivity contribution < 1.29 is 10.6 Å². The van der Waals surface area contributed by atoms with E-state index in [1.165, 1.54) is 11.1 Å². The number of aryl methyl sites for hydroxylation is 1. The molecule has 0 atom stereocenters. The van der Waals surface area contributed by atoms with Crippen LogP contribution in [0.15, 0.2) is 59.1 Å². The largest absolute Gasteiger partial charge is 0.412 e. The Morgan fingerprint density at radius 1 is 0.926 bits per heavy atom. The molecule has 0 radical (unpaired) electrons. The summed E-state index contributed by atoms with van der Waals surface area (Å²) in [6, 6.07) is 19.2. The molecule has 0 amide bonds. The van der Waals surface area contributed by atoms with Gasteiger partial charge in [-0.15, -0.1) is 12.4 Å². The van der Waals surface area contributed by atoms with E-state index in [2.05, 4.69) is 83.5 Å². The van der Waals surface area contributed by atoms with Crippen molar-refractivity contribution in [2.45, 2.75) is 49.7 Å². The van der Waals surface area contributed by atoms with Crippen LogP contribution < -0.4 is 0 Å². The zero-order valence-corrected chi connectivity index (χ0v) is 18.5. The SMILES string of the molecule is CN(C)C1(c2ccc(Br)cc2)CCC(O)(CCc2ccccc2)CC1.Cl.O. The maximum Gasteiger partial charge on any atom is 0.0652 e. The van der Waals surface area contributed by atoms with Crippen LogP contribution in [0.2, 0.25) is 0 Å². The van der Waals surface area contributed by atoms with Crippen molar-refractivity contribution in [2.24, 2.45) is 0 Å². The monoisotopic (exact) mass is 455 g/mol. The van der Waals surface area contributed by atoms with Gasteiger partial charge in [0.15, 0.2) is 0 Å². The highest BCUT2D eigenvalue weighted by Crippen LogP contribution is 2.46. The van der Waals surface area contributed by atoms with Gasteiger partial charge in [-0.2, -0.15) is 0 Å². The first-order chi connectivity index (χ1) is 11.9. The standard InChI is InChI=1S/C22H28BrNO.ClH.H2O/c1-24(2)22(19-8-10-20(23)11-9-19)16-14-21(25,15-17-22)13-12-18-6-4-3-5-7-18;;/h3-11,25H,12-17H2,1-2H3;1H;1H2. The summed E-state index contributed by atoms with van der Waals surface area (Å²) in [5, 5.41) is 11.1. The average molecular weight is 457 g/mol. The lowest BCUT2D eigenvalue weighted by Gasteiger charge is -2.48. The summed E-state index contributed by atoms with van der Waals surface area (Å²) in [6.07, 6.45) is 5.49. The molecule has 27 heavy (non-hydrogen) atoms. The van der Waals surface area contributed by atoms with Crippen LogP contribution >= 0.6 is 28.3 Å². The molecule has 0 saturated heterocycles. The molecule has 3 N–H and O–H groups in total. The second-order valence-electron chi connectivity index (χ2n) is 7.64. The van der Waals surface area contributed by atoms with Crippen LogP contribution in [0.1, 0.15) is 43.2 Å². The van der Waals surface area contributed by atoms with Crippen molar-refractivity contribution in [3.63, 3.8) is 0 Å². The molecule has 1 saturated carbocycles. The molecule has 0 unspecified atom stereocenters. The third-order valence-corrected chi connectivity index (χ3v) is 6.50.